The van der Waals surface area contributed by atoms with Gasteiger partial charge in [-0.2, -0.15) is 0 Å². The fraction of sp³-hybridized carbons (Fsp3) is 0.633. The predicted octanol–water partition coefficient (Wildman–Crippen LogP) is 3.80. The van der Waals surface area contributed by atoms with E-state index in [4.69, 9.17) is 17.7 Å². The topological polar surface area (TPSA) is 135 Å². The molecule has 0 spiro atoms. The molecule has 0 aromatic heterocycles. The van der Waals surface area contributed by atoms with Crippen molar-refractivity contribution in [2.45, 2.75) is 114 Å². The van der Waals surface area contributed by atoms with Crippen molar-refractivity contribution in [3.63, 3.8) is 0 Å². The van der Waals surface area contributed by atoms with Gasteiger partial charge >= 0.3 is 17.1 Å². The maximum Gasteiger partial charge on any atom is 0.335 e. The second kappa shape index (κ2) is 11.3. The molecule has 1 N–H and O–H groups in total. The van der Waals surface area contributed by atoms with E-state index in [9.17, 15) is 14.7 Å². The minimum atomic E-state index is -2.97. The molecule has 1 aromatic rings. The van der Waals surface area contributed by atoms with Crippen molar-refractivity contribution in [2.24, 2.45) is 15.0 Å². The Morgan fingerprint density at radius 1 is 0.886 bits per heavy atom. The molecule has 2 amide bonds. The summed E-state index contributed by atoms with van der Waals surface area (Å²) < 4.78 is 27.7. The highest BCUT2D eigenvalue weighted by Crippen LogP contribution is 2.48. The molecule has 0 saturated carbocycles. The molecule has 0 bridgehead atoms. The number of carbonyl (C=O) groups excluding carboxylic acids is 2. The molecule has 5 aliphatic rings. The van der Waals surface area contributed by atoms with E-state index in [0.29, 0.717) is 11.1 Å². The Morgan fingerprint density at radius 2 is 1.48 bits per heavy atom. The lowest BCUT2D eigenvalue weighted by Crippen LogP contribution is -2.66. The van der Waals surface area contributed by atoms with Crippen molar-refractivity contribution >= 4 is 47.4 Å². The minimum Gasteiger partial charge on any atom is -0.414 e. The fourth-order valence-corrected chi connectivity index (χ4v) is 18.5. The highest BCUT2D eigenvalue weighted by atomic mass is 28.5. The van der Waals surface area contributed by atoms with E-state index in [1.54, 1.807) is 35.5 Å². The summed E-state index contributed by atoms with van der Waals surface area (Å²) in [6.45, 7) is 17.4. The summed E-state index contributed by atoms with van der Waals surface area (Å²) in [5.41, 5.74) is 1.20. The lowest BCUT2D eigenvalue weighted by molar-refractivity contribution is -0.0797. The Morgan fingerprint density at radius 3 is 2.05 bits per heavy atom. The van der Waals surface area contributed by atoms with Gasteiger partial charge in [-0.25, -0.2) is 14.9 Å². The molecule has 44 heavy (non-hydrogen) atoms. The van der Waals surface area contributed by atoms with Gasteiger partial charge in [0.25, 0.3) is 11.8 Å². The van der Waals surface area contributed by atoms with Crippen LogP contribution in [0.1, 0.15) is 76.1 Å². The Kier molecular flexibility index (Phi) is 8.08. The number of aliphatic hydroxyl groups excluding tert-OH is 1. The number of hydrogen-bond donors (Lipinski definition) is 1. The first-order valence-corrected chi connectivity index (χ1v) is 19.5. The number of benzene rings is 1. The molecule has 12 nitrogen and oxygen atoms in total. The van der Waals surface area contributed by atoms with Gasteiger partial charge in [0.1, 0.15) is 30.5 Å². The van der Waals surface area contributed by atoms with Gasteiger partial charge in [0.05, 0.1) is 24.1 Å². The summed E-state index contributed by atoms with van der Waals surface area (Å²) in [5, 5.41) is 11.8. The Balaban J connectivity index is 1.28. The average molecular weight is 642 g/mol. The zero-order valence-electron chi connectivity index (χ0n) is 26.6. The van der Waals surface area contributed by atoms with Gasteiger partial charge in [-0.3, -0.25) is 14.6 Å². The third kappa shape index (κ3) is 4.60. The summed E-state index contributed by atoms with van der Waals surface area (Å²) in [4.78, 5) is 42.8. The third-order valence-electron chi connectivity index (χ3n) is 9.58. The maximum atomic E-state index is 13.3. The number of amides is 2. The first-order valence-electron chi connectivity index (χ1n) is 15.6. The van der Waals surface area contributed by atoms with Gasteiger partial charge in [0.2, 0.25) is 0 Å². The van der Waals surface area contributed by atoms with Gasteiger partial charge in [-0.05, 0) is 34.3 Å². The van der Waals surface area contributed by atoms with Crippen molar-refractivity contribution in [3.05, 3.63) is 35.4 Å². The number of aliphatic imine (C=N–C) groups is 3. The van der Waals surface area contributed by atoms with Crippen LogP contribution in [0.15, 0.2) is 39.2 Å². The van der Waals surface area contributed by atoms with Crippen LogP contribution >= 0.6 is 0 Å². The second-order valence-corrected chi connectivity index (χ2v) is 22.3. The van der Waals surface area contributed by atoms with Crippen LogP contribution in [-0.4, -0.2) is 106 Å². The van der Waals surface area contributed by atoms with Crippen LogP contribution in [0.5, 0.6) is 0 Å². The van der Waals surface area contributed by atoms with Crippen molar-refractivity contribution < 1.29 is 32.4 Å². The quantitative estimate of drug-likeness (QED) is 0.379. The summed E-state index contributed by atoms with van der Waals surface area (Å²) >= 11 is 0. The van der Waals surface area contributed by atoms with Crippen molar-refractivity contribution in [1.29, 1.82) is 0 Å². The molecule has 5 aliphatic heterocycles. The van der Waals surface area contributed by atoms with E-state index in [2.05, 4.69) is 70.4 Å². The van der Waals surface area contributed by atoms with Crippen LogP contribution < -0.4 is 0 Å². The van der Waals surface area contributed by atoms with Crippen molar-refractivity contribution in [3.8, 4) is 0 Å². The number of aliphatic hydroxyl groups is 1. The smallest absolute Gasteiger partial charge is 0.335 e. The SMILES string of the molecule is CC(C)[Si]1(C(C)C)OC[C@H]2O[C@@H](N3C=N[C@@H]4C(N5C(=O)c6ccccc6C5=O)=NC=N[C@H]43)[C@H](O)[C@@H]2O[Si](C(C)C)(C(C)C)O1. The summed E-state index contributed by atoms with van der Waals surface area (Å²) in [5.74, 6) is -0.697. The standard InChI is InChI=1S/C30H43N5O7Si2/c1-16(2)43(17(3)4)39-13-22-25(41-44(42-43,18(5)6)19(7)8)24(36)30(40-22)34-15-33-23-26(34)31-14-32-27(23)35-28(37)20-11-9-10-12-21(20)29(35)38/h9-12,14-19,22-26,30,36H,13H2,1-8H3/t22-,23+,24-,25-,26+,30-/m1/s1. The van der Waals surface area contributed by atoms with Crippen LogP contribution in [0.3, 0.4) is 0 Å². The zero-order chi connectivity index (χ0) is 31.7. The highest BCUT2D eigenvalue weighted by molar-refractivity contribution is 6.84. The maximum absolute atomic E-state index is 13.3. The van der Waals surface area contributed by atoms with Gasteiger partial charge in [-0.15, -0.1) is 0 Å². The normalized spacial score (nSPS) is 32.4. The van der Waals surface area contributed by atoms with E-state index in [1.807, 2.05) is 0 Å². The second-order valence-electron chi connectivity index (χ2n) is 13.4. The van der Waals surface area contributed by atoms with E-state index in [-0.39, 0.29) is 34.6 Å². The molecule has 0 unspecified atom stereocenters. The number of ether oxygens (including phenoxy) is 1. The van der Waals surface area contributed by atoms with Crippen LogP contribution in [0.4, 0.5) is 0 Å². The van der Waals surface area contributed by atoms with Crippen LogP contribution in [-0.2, 0) is 17.7 Å². The summed E-state index contributed by atoms with van der Waals surface area (Å²) in [6, 6.07) is 5.96. The number of hydrogen-bond acceptors (Lipinski definition) is 11. The predicted molar refractivity (Wildman–Crippen MR) is 169 cm³/mol. The highest BCUT2D eigenvalue weighted by Gasteiger charge is 2.62. The average Bonchev–Trinajstić information content (AvgIpc) is 3.60. The van der Waals surface area contributed by atoms with E-state index in [1.165, 1.54) is 6.34 Å². The van der Waals surface area contributed by atoms with Crippen molar-refractivity contribution in [2.75, 3.05) is 6.61 Å². The molecule has 2 saturated heterocycles. The van der Waals surface area contributed by atoms with Crippen molar-refractivity contribution in [1.82, 2.24) is 9.80 Å². The van der Waals surface area contributed by atoms with Gasteiger partial charge in [-0.1, -0.05) is 67.5 Å². The summed E-state index contributed by atoms with van der Waals surface area (Å²) in [7, 11) is -5.76. The Hall–Kier alpha value is -2.60. The first kappa shape index (κ1) is 31.4. The largest absolute Gasteiger partial charge is 0.414 e. The zero-order valence-corrected chi connectivity index (χ0v) is 28.6. The monoisotopic (exact) mass is 641 g/mol. The molecule has 1 aromatic carbocycles. The number of rotatable bonds is 5. The molecular weight excluding hydrogens is 599 g/mol. The molecular formula is C30H43N5O7Si2. The third-order valence-corrected chi connectivity index (χ3v) is 19.8. The molecule has 6 rings (SSSR count). The molecule has 6 atom stereocenters. The molecule has 14 heteroatoms. The Bertz CT molecular complexity index is 1360. The molecule has 238 valence electrons. The Labute approximate surface area is 260 Å². The number of nitrogens with zero attached hydrogens (tertiary/aromatic N) is 5. The fourth-order valence-electron chi connectivity index (χ4n) is 7.24. The van der Waals surface area contributed by atoms with Crippen LogP contribution in [0, 0.1) is 0 Å². The minimum absolute atomic E-state index is 0.0968. The van der Waals surface area contributed by atoms with Crippen LogP contribution in [0.25, 0.3) is 0 Å². The van der Waals surface area contributed by atoms with E-state index < -0.39 is 65.7 Å². The molecule has 0 radical (unpaired) electrons. The van der Waals surface area contributed by atoms with Gasteiger partial charge < -0.3 is 27.7 Å². The summed E-state index contributed by atoms with van der Waals surface area (Å²) in [6.07, 6.45) is -0.933. The number of amidine groups is 1. The number of fused-ring (bicyclic) bond motifs is 3. The van der Waals surface area contributed by atoms with Gasteiger partial charge in [0.15, 0.2) is 18.4 Å². The lowest BCUT2D eigenvalue weighted by Gasteiger charge is -2.51. The van der Waals surface area contributed by atoms with Crippen LogP contribution in [0.2, 0.25) is 22.2 Å². The van der Waals surface area contributed by atoms with E-state index in [0.717, 1.165) is 4.90 Å². The number of imide groups is 1. The molecule has 0 aliphatic carbocycles. The van der Waals surface area contributed by atoms with Gasteiger partial charge in [0, 0.05) is 0 Å². The number of carbonyl (C=O) groups is 2. The lowest BCUT2D eigenvalue weighted by atomic mass is 10.1. The first-order chi connectivity index (χ1) is 20.8. The molecule has 2 fully saturated rings. The van der Waals surface area contributed by atoms with E-state index >= 15 is 0 Å². The molecule has 5 heterocycles.